The maximum atomic E-state index is 12.0. The summed E-state index contributed by atoms with van der Waals surface area (Å²) in [7, 11) is 0. The van der Waals surface area contributed by atoms with Crippen molar-refractivity contribution in [2.45, 2.75) is 64.7 Å². The Morgan fingerprint density at radius 3 is 1.95 bits per heavy atom. The van der Waals surface area contributed by atoms with Gasteiger partial charge in [0.15, 0.2) is 0 Å². The van der Waals surface area contributed by atoms with E-state index < -0.39 is 0 Å². The minimum absolute atomic E-state index is 0.185. The van der Waals surface area contributed by atoms with Gasteiger partial charge >= 0.3 is 0 Å². The fourth-order valence-electron chi connectivity index (χ4n) is 2.44. The van der Waals surface area contributed by atoms with Gasteiger partial charge in [-0.1, -0.05) is 87.6 Å². The zero-order valence-corrected chi connectivity index (χ0v) is 15.0. The molecule has 0 spiro atoms. The summed E-state index contributed by atoms with van der Waals surface area (Å²) in [6.45, 7) is 2.92. The summed E-state index contributed by atoms with van der Waals surface area (Å²) >= 11 is 12.0. The topological polar surface area (TPSA) is 29.1 Å². The predicted molar refractivity (Wildman–Crippen MR) is 96.0 cm³/mol. The van der Waals surface area contributed by atoms with Crippen molar-refractivity contribution in [1.82, 2.24) is 5.32 Å². The van der Waals surface area contributed by atoms with Gasteiger partial charge in [0.1, 0.15) is 0 Å². The highest BCUT2D eigenvalue weighted by molar-refractivity contribution is 6.39. The normalized spacial score (nSPS) is 10.7. The van der Waals surface area contributed by atoms with Crippen molar-refractivity contribution < 1.29 is 4.79 Å². The molecule has 0 atom stereocenters. The van der Waals surface area contributed by atoms with Gasteiger partial charge in [0.25, 0.3) is 5.91 Å². The van der Waals surface area contributed by atoms with Gasteiger partial charge in [-0.25, -0.2) is 0 Å². The number of amides is 1. The summed E-state index contributed by atoms with van der Waals surface area (Å²) < 4.78 is 0. The van der Waals surface area contributed by atoms with Crippen molar-refractivity contribution in [2.24, 2.45) is 0 Å². The molecule has 4 heteroatoms. The van der Waals surface area contributed by atoms with Gasteiger partial charge in [0, 0.05) is 6.54 Å². The minimum atomic E-state index is -0.185. The van der Waals surface area contributed by atoms with Crippen LogP contribution in [0.4, 0.5) is 0 Å². The molecule has 0 unspecified atom stereocenters. The Kier molecular flexibility index (Phi) is 10.3. The molecule has 0 saturated heterocycles. The van der Waals surface area contributed by atoms with E-state index in [-0.39, 0.29) is 5.91 Å². The Morgan fingerprint density at radius 1 is 0.909 bits per heavy atom. The van der Waals surface area contributed by atoms with Crippen molar-refractivity contribution in [2.75, 3.05) is 6.54 Å². The molecular formula is C18H27Cl2NO. The first-order valence-electron chi connectivity index (χ1n) is 8.39. The van der Waals surface area contributed by atoms with Crippen molar-refractivity contribution in [1.29, 1.82) is 0 Å². The Balaban J connectivity index is 2.09. The molecule has 124 valence electrons. The first kappa shape index (κ1) is 19.3. The van der Waals surface area contributed by atoms with Crippen molar-refractivity contribution in [3.05, 3.63) is 33.8 Å². The van der Waals surface area contributed by atoms with Gasteiger partial charge in [-0.05, 0) is 18.6 Å². The zero-order valence-electron chi connectivity index (χ0n) is 13.5. The Labute approximate surface area is 144 Å². The van der Waals surface area contributed by atoms with Gasteiger partial charge in [-0.15, -0.1) is 0 Å². The molecule has 1 rings (SSSR count). The molecular weight excluding hydrogens is 317 g/mol. The van der Waals surface area contributed by atoms with Crippen LogP contribution in [0.3, 0.4) is 0 Å². The second-order valence-corrected chi connectivity index (χ2v) is 6.50. The molecule has 0 aliphatic heterocycles. The van der Waals surface area contributed by atoms with Crippen LogP contribution in [0.15, 0.2) is 18.2 Å². The number of carbonyl (C=O) groups is 1. The van der Waals surface area contributed by atoms with Crippen LogP contribution in [0.2, 0.25) is 10.0 Å². The molecule has 1 amide bonds. The molecule has 1 aromatic rings. The smallest absolute Gasteiger partial charge is 0.254 e. The second-order valence-electron chi connectivity index (χ2n) is 5.68. The zero-order chi connectivity index (χ0) is 16.2. The molecule has 0 aliphatic rings. The van der Waals surface area contributed by atoms with E-state index in [9.17, 15) is 4.79 Å². The highest BCUT2D eigenvalue weighted by atomic mass is 35.5. The van der Waals surface area contributed by atoms with Crippen LogP contribution < -0.4 is 5.32 Å². The van der Waals surface area contributed by atoms with Crippen LogP contribution in [0.25, 0.3) is 0 Å². The Hall–Kier alpha value is -0.730. The SMILES string of the molecule is CCCCCCCCCCCNC(=O)c1c(Cl)cccc1Cl. The van der Waals surface area contributed by atoms with Crippen LogP contribution in [-0.4, -0.2) is 12.5 Å². The molecule has 1 N–H and O–H groups in total. The molecule has 0 aliphatic carbocycles. The van der Waals surface area contributed by atoms with E-state index in [0.717, 1.165) is 12.8 Å². The van der Waals surface area contributed by atoms with E-state index >= 15 is 0 Å². The average molecular weight is 344 g/mol. The molecule has 0 heterocycles. The molecule has 0 aromatic heterocycles. The van der Waals surface area contributed by atoms with Crippen LogP contribution in [0.5, 0.6) is 0 Å². The van der Waals surface area contributed by atoms with E-state index in [1.54, 1.807) is 18.2 Å². The average Bonchev–Trinajstić information content (AvgIpc) is 2.49. The Morgan fingerprint density at radius 2 is 1.41 bits per heavy atom. The Bertz CT molecular complexity index is 428. The predicted octanol–water partition coefficient (Wildman–Crippen LogP) is 6.25. The summed E-state index contributed by atoms with van der Waals surface area (Å²) in [5.41, 5.74) is 0.377. The van der Waals surface area contributed by atoms with E-state index in [0.29, 0.717) is 22.2 Å². The highest BCUT2D eigenvalue weighted by Gasteiger charge is 2.13. The number of hydrogen-bond acceptors (Lipinski definition) is 1. The monoisotopic (exact) mass is 343 g/mol. The van der Waals surface area contributed by atoms with Gasteiger partial charge in [0.05, 0.1) is 15.6 Å². The summed E-state index contributed by atoms with van der Waals surface area (Å²) in [5, 5.41) is 3.69. The van der Waals surface area contributed by atoms with Gasteiger partial charge in [-0.2, -0.15) is 0 Å². The summed E-state index contributed by atoms with van der Waals surface area (Å²) in [6, 6.07) is 5.10. The third kappa shape index (κ3) is 7.51. The van der Waals surface area contributed by atoms with E-state index in [1.165, 1.54) is 44.9 Å². The highest BCUT2D eigenvalue weighted by Crippen LogP contribution is 2.23. The van der Waals surface area contributed by atoms with Crippen LogP contribution >= 0.6 is 23.2 Å². The van der Waals surface area contributed by atoms with Gasteiger partial charge < -0.3 is 5.32 Å². The molecule has 0 fully saturated rings. The van der Waals surface area contributed by atoms with E-state index in [4.69, 9.17) is 23.2 Å². The van der Waals surface area contributed by atoms with E-state index in [1.807, 2.05) is 0 Å². The summed E-state index contributed by atoms with van der Waals surface area (Å²) in [4.78, 5) is 12.0. The molecule has 22 heavy (non-hydrogen) atoms. The minimum Gasteiger partial charge on any atom is -0.352 e. The number of hydrogen-bond donors (Lipinski definition) is 1. The quantitative estimate of drug-likeness (QED) is 0.472. The second kappa shape index (κ2) is 11.8. The molecule has 2 nitrogen and oxygen atoms in total. The largest absolute Gasteiger partial charge is 0.352 e. The number of benzene rings is 1. The fraction of sp³-hybridized carbons (Fsp3) is 0.611. The maximum Gasteiger partial charge on any atom is 0.254 e. The standard InChI is InChI=1S/C18H27Cl2NO/c1-2-3-4-5-6-7-8-9-10-14-21-18(22)17-15(19)12-11-13-16(17)20/h11-13H,2-10,14H2,1H3,(H,21,22). The molecule has 0 radical (unpaired) electrons. The third-order valence-corrected chi connectivity index (χ3v) is 4.39. The van der Waals surface area contributed by atoms with Crippen molar-refractivity contribution in [3.8, 4) is 0 Å². The first-order valence-corrected chi connectivity index (χ1v) is 9.14. The van der Waals surface area contributed by atoms with Crippen LogP contribution in [0.1, 0.15) is 75.1 Å². The van der Waals surface area contributed by atoms with Gasteiger partial charge in [0.2, 0.25) is 0 Å². The summed E-state index contributed by atoms with van der Waals surface area (Å²) in [5.74, 6) is -0.185. The summed E-state index contributed by atoms with van der Waals surface area (Å²) in [6.07, 6.45) is 11.4. The van der Waals surface area contributed by atoms with Crippen LogP contribution in [-0.2, 0) is 0 Å². The lowest BCUT2D eigenvalue weighted by molar-refractivity contribution is 0.0953. The molecule has 0 saturated carbocycles. The number of unbranched alkanes of at least 4 members (excludes halogenated alkanes) is 8. The van der Waals surface area contributed by atoms with Crippen molar-refractivity contribution in [3.63, 3.8) is 0 Å². The lowest BCUT2D eigenvalue weighted by Crippen LogP contribution is -2.25. The number of nitrogens with one attached hydrogen (secondary N) is 1. The lowest BCUT2D eigenvalue weighted by atomic mass is 10.1. The first-order chi connectivity index (χ1) is 10.7. The number of carbonyl (C=O) groups excluding carboxylic acids is 1. The molecule has 1 aromatic carbocycles. The molecule has 0 bridgehead atoms. The lowest BCUT2D eigenvalue weighted by Gasteiger charge is -2.08. The maximum absolute atomic E-state index is 12.0. The number of halogens is 2. The third-order valence-electron chi connectivity index (χ3n) is 3.76. The van der Waals surface area contributed by atoms with Crippen LogP contribution in [0, 0.1) is 0 Å². The number of rotatable bonds is 11. The van der Waals surface area contributed by atoms with E-state index in [2.05, 4.69) is 12.2 Å². The van der Waals surface area contributed by atoms with Crippen molar-refractivity contribution >= 4 is 29.1 Å². The fourth-order valence-corrected chi connectivity index (χ4v) is 3.01. The van der Waals surface area contributed by atoms with Gasteiger partial charge in [-0.3, -0.25) is 4.79 Å².